The molecule has 2 heterocycles. The molecule has 29 heavy (non-hydrogen) atoms. The Labute approximate surface area is 173 Å². The molecule has 2 atom stereocenters. The van der Waals surface area contributed by atoms with Crippen LogP contribution in [-0.2, 0) is 6.54 Å². The average Bonchev–Trinajstić information content (AvgIpc) is 2.67. The van der Waals surface area contributed by atoms with Crippen molar-refractivity contribution in [1.29, 1.82) is 0 Å². The quantitative estimate of drug-likeness (QED) is 0.772. The molecule has 1 aliphatic rings. The molecule has 6 heteroatoms. The van der Waals surface area contributed by atoms with Gasteiger partial charge < -0.3 is 15.2 Å². The molecule has 1 fully saturated rings. The zero-order valence-electron chi connectivity index (χ0n) is 18.1. The Bertz CT molecular complexity index is 895. The van der Waals surface area contributed by atoms with Gasteiger partial charge in [-0.3, -0.25) is 9.69 Å². The van der Waals surface area contributed by atoms with E-state index < -0.39 is 0 Å². The summed E-state index contributed by atoms with van der Waals surface area (Å²) in [7, 11) is 0. The van der Waals surface area contributed by atoms with Crippen LogP contribution in [0, 0.1) is 5.92 Å². The third kappa shape index (κ3) is 5.18. The molecular weight excluding hydrogens is 364 g/mol. The summed E-state index contributed by atoms with van der Waals surface area (Å²) in [4.78, 5) is 27.8. The predicted molar refractivity (Wildman–Crippen MR) is 120 cm³/mol. The van der Waals surface area contributed by atoms with Crippen molar-refractivity contribution in [3.05, 3.63) is 40.8 Å². The van der Waals surface area contributed by atoms with E-state index in [0.717, 1.165) is 11.9 Å². The summed E-state index contributed by atoms with van der Waals surface area (Å²) in [5, 5.41) is 7.33. The number of likely N-dealkylation sites (tertiary alicyclic amines) is 1. The number of benzene rings is 1. The Hall–Kier alpha value is -2.34. The number of piperidine rings is 1. The van der Waals surface area contributed by atoms with Crippen molar-refractivity contribution in [2.75, 3.05) is 18.4 Å². The molecule has 2 aromatic rings. The van der Waals surface area contributed by atoms with E-state index in [2.05, 4.69) is 43.2 Å². The molecule has 0 saturated carbocycles. The van der Waals surface area contributed by atoms with Gasteiger partial charge in [0.1, 0.15) is 0 Å². The van der Waals surface area contributed by atoms with Crippen LogP contribution >= 0.6 is 0 Å². The fourth-order valence-corrected chi connectivity index (χ4v) is 4.35. The molecule has 2 N–H and O–H groups in total. The number of aromatic nitrogens is 1. The number of anilines is 1. The van der Waals surface area contributed by atoms with Crippen LogP contribution in [0.3, 0.4) is 0 Å². The number of pyridine rings is 1. The number of fused-ring (bicyclic) bond motifs is 1. The number of amides is 2. The average molecular weight is 399 g/mol. The fraction of sp³-hybridized carbons (Fsp3) is 0.565. The van der Waals surface area contributed by atoms with Crippen molar-refractivity contribution in [3.8, 4) is 0 Å². The molecule has 1 aromatic heterocycles. The summed E-state index contributed by atoms with van der Waals surface area (Å²) >= 11 is 0. The van der Waals surface area contributed by atoms with Crippen molar-refractivity contribution in [2.45, 2.75) is 65.6 Å². The van der Waals surface area contributed by atoms with Crippen LogP contribution in [0.15, 0.2) is 35.3 Å². The van der Waals surface area contributed by atoms with Gasteiger partial charge in [-0.15, -0.1) is 0 Å². The van der Waals surface area contributed by atoms with Gasteiger partial charge in [-0.2, -0.15) is 0 Å². The van der Waals surface area contributed by atoms with Crippen LogP contribution in [0.1, 0.15) is 47.0 Å². The van der Waals surface area contributed by atoms with E-state index in [1.165, 1.54) is 19.3 Å². The zero-order chi connectivity index (χ0) is 21.0. The number of hydrogen-bond acceptors (Lipinski definition) is 3. The van der Waals surface area contributed by atoms with E-state index in [4.69, 9.17) is 0 Å². The van der Waals surface area contributed by atoms with E-state index in [9.17, 15) is 9.59 Å². The Balaban J connectivity index is 1.69. The van der Waals surface area contributed by atoms with Crippen LogP contribution in [-0.4, -0.2) is 40.7 Å². The van der Waals surface area contributed by atoms with Crippen molar-refractivity contribution in [1.82, 2.24) is 14.8 Å². The third-order valence-electron chi connectivity index (χ3n) is 5.84. The number of urea groups is 1. The topological polar surface area (TPSA) is 66.4 Å². The predicted octanol–water partition coefficient (Wildman–Crippen LogP) is 4.04. The van der Waals surface area contributed by atoms with Gasteiger partial charge in [0.15, 0.2) is 0 Å². The number of rotatable bonds is 6. The van der Waals surface area contributed by atoms with Gasteiger partial charge in [0.2, 0.25) is 0 Å². The maximum Gasteiger partial charge on any atom is 0.319 e. The van der Waals surface area contributed by atoms with Gasteiger partial charge in [0.25, 0.3) is 5.56 Å². The number of carbonyl (C=O) groups excluding carboxylic acids is 1. The summed E-state index contributed by atoms with van der Waals surface area (Å²) in [5.41, 5.74) is 0.645. The Kier molecular flexibility index (Phi) is 6.96. The summed E-state index contributed by atoms with van der Waals surface area (Å²) in [6.07, 6.45) is 5.49. The van der Waals surface area contributed by atoms with Crippen LogP contribution in [0.25, 0.3) is 10.8 Å². The summed E-state index contributed by atoms with van der Waals surface area (Å²) in [6, 6.07) is 8.33. The highest BCUT2D eigenvalue weighted by Crippen LogP contribution is 2.22. The molecule has 2 unspecified atom stereocenters. The maximum atomic E-state index is 12.7. The molecule has 0 bridgehead atoms. The van der Waals surface area contributed by atoms with Crippen molar-refractivity contribution in [2.24, 2.45) is 5.92 Å². The summed E-state index contributed by atoms with van der Waals surface area (Å²) < 4.78 is 1.69. The molecule has 1 saturated heterocycles. The first-order valence-corrected chi connectivity index (χ1v) is 10.8. The minimum Gasteiger partial charge on any atom is -0.337 e. The van der Waals surface area contributed by atoms with Gasteiger partial charge >= 0.3 is 6.03 Å². The van der Waals surface area contributed by atoms with E-state index in [-0.39, 0.29) is 11.6 Å². The van der Waals surface area contributed by atoms with Gasteiger partial charge in [-0.25, -0.2) is 4.79 Å². The molecule has 1 aromatic carbocycles. The third-order valence-corrected chi connectivity index (χ3v) is 5.84. The largest absolute Gasteiger partial charge is 0.337 e. The molecule has 6 nitrogen and oxygen atoms in total. The van der Waals surface area contributed by atoms with Crippen molar-refractivity contribution >= 4 is 22.5 Å². The first-order chi connectivity index (χ1) is 13.9. The van der Waals surface area contributed by atoms with E-state index >= 15 is 0 Å². The van der Waals surface area contributed by atoms with Gasteiger partial charge in [-0.05, 0) is 38.7 Å². The second kappa shape index (κ2) is 9.44. The second-order valence-electron chi connectivity index (χ2n) is 8.69. The first-order valence-electron chi connectivity index (χ1n) is 10.8. The minimum atomic E-state index is -0.234. The Morgan fingerprint density at radius 3 is 2.45 bits per heavy atom. The van der Waals surface area contributed by atoms with Crippen LogP contribution in [0.2, 0.25) is 0 Å². The smallest absolute Gasteiger partial charge is 0.319 e. The highest BCUT2D eigenvalue weighted by molar-refractivity contribution is 6.00. The molecule has 158 valence electrons. The van der Waals surface area contributed by atoms with E-state index in [1.54, 1.807) is 10.8 Å². The Morgan fingerprint density at radius 2 is 1.79 bits per heavy atom. The van der Waals surface area contributed by atoms with Gasteiger partial charge in [0.05, 0.1) is 5.69 Å². The molecule has 3 rings (SSSR count). The van der Waals surface area contributed by atoms with Gasteiger partial charge in [-0.1, -0.05) is 38.5 Å². The molecule has 0 radical (unpaired) electrons. The Morgan fingerprint density at radius 1 is 1.14 bits per heavy atom. The molecule has 2 amide bonds. The lowest BCUT2D eigenvalue weighted by Crippen LogP contribution is -2.47. The van der Waals surface area contributed by atoms with E-state index in [0.29, 0.717) is 42.2 Å². The lowest BCUT2D eigenvalue weighted by Gasteiger charge is -2.39. The molecule has 0 spiro atoms. The number of hydrogen-bond donors (Lipinski definition) is 2. The molecule has 1 aliphatic heterocycles. The highest BCUT2D eigenvalue weighted by atomic mass is 16.2. The fourth-order valence-electron chi connectivity index (χ4n) is 4.35. The molecule has 0 aliphatic carbocycles. The maximum absolute atomic E-state index is 12.7. The lowest BCUT2D eigenvalue weighted by atomic mass is 9.98. The van der Waals surface area contributed by atoms with Gasteiger partial charge in [0, 0.05) is 48.7 Å². The summed E-state index contributed by atoms with van der Waals surface area (Å²) in [5.74, 6) is 0.337. The van der Waals surface area contributed by atoms with E-state index in [1.807, 2.05) is 24.3 Å². The van der Waals surface area contributed by atoms with Crippen LogP contribution in [0.4, 0.5) is 10.5 Å². The van der Waals surface area contributed by atoms with Crippen LogP contribution in [0.5, 0.6) is 0 Å². The van der Waals surface area contributed by atoms with Crippen LogP contribution < -0.4 is 16.2 Å². The second-order valence-corrected chi connectivity index (χ2v) is 8.69. The lowest BCUT2D eigenvalue weighted by molar-refractivity contribution is 0.105. The normalized spacial score (nSPS) is 20.2. The standard InChI is InChI=1S/C23H34N4O2/c1-16(2)14-26-15-21(19-10-5-6-11-20(19)22(26)28)25-23(29)24-12-13-27-17(3)8-7-9-18(27)4/h5-6,10-11,15-18H,7-9,12-14H2,1-4H3,(H2,24,25,29). The number of nitrogens with zero attached hydrogens (tertiary/aromatic N) is 2. The minimum absolute atomic E-state index is 0.0201. The van der Waals surface area contributed by atoms with Crippen molar-refractivity contribution in [3.63, 3.8) is 0 Å². The molecular formula is C23H34N4O2. The monoisotopic (exact) mass is 398 g/mol. The van der Waals surface area contributed by atoms with Crippen molar-refractivity contribution < 1.29 is 4.79 Å². The SMILES string of the molecule is CC(C)Cn1cc(NC(=O)NCCN2C(C)CCCC2C)c2ccccc2c1=O. The summed E-state index contributed by atoms with van der Waals surface area (Å²) in [6.45, 7) is 10.7. The number of carbonyl (C=O) groups is 1. The highest BCUT2D eigenvalue weighted by Gasteiger charge is 2.24. The number of nitrogens with one attached hydrogen (secondary N) is 2. The first kappa shape index (κ1) is 21.4. The zero-order valence-corrected chi connectivity index (χ0v) is 18.1.